The van der Waals surface area contributed by atoms with Crippen molar-refractivity contribution in [1.82, 2.24) is 15.7 Å². The molecule has 38 heavy (non-hydrogen) atoms. The fraction of sp³-hybridized carbons (Fsp3) is 0.607. The lowest BCUT2D eigenvalue weighted by Crippen LogP contribution is -2.43. The quantitative estimate of drug-likeness (QED) is 0.336. The molecule has 1 aromatic carbocycles. The number of carbonyl (C=O) groups is 5. The number of rotatable bonds is 13. The fourth-order valence-electron chi connectivity index (χ4n) is 4.19. The zero-order valence-electron chi connectivity index (χ0n) is 23.2. The molecule has 4 amide bonds. The number of anilines is 1. The van der Waals surface area contributed by atoms with Gasteiger partial charge in [0.15, 0.2) is 0 Å². The van der Waals surface area contributed by atoms with E-state index >= 15 is 0 Å². The molecule has 0 radical (unpaired) electrons. The molecule has 1 fully saturated rings. The van der Waals surface area contributed by atoms with Crippen LogP contribution in [0.25, 0.3) is 0 Å². The van der Waals surface area contributed by atoms with E-state index in [1.165, 1.54) is 0 Å². The van der Waals surface area contributed by atoms with Crippen LogP contribution < -0.4 is 16.1 Å². The Balaban J connectivity index is 1.68. The second-order valence-corrected chi connectivity index (χ2v) is 10.6. The first-order chi connectivity index (χ1) is 18.0. The Kier molecular flexibility index (Phi) is 12.4. The topological polar surface area (TPSA) is 134 Å². The van der Waals surface area contributed by atoms with Crippen molar-refractivity contribution < 1.29 is 28.8 Å². The van der Waals surface area contributed by atoms with Crippen LogP contribution in [0.1, 0.15) is 72.3 Å². The number of carbonyl (C=O) groups excluding carboxylic acids is 5. The maximum Gasteiger partial charge on any atom is 0.246 e. The van der Waals surface area contributed by atoms with E-state index in [0.717, 1.165) is 5.56 Å². The molecule has 1 atom stereocenters. The van der Waals surface area contributed by atoms with E-state index in [4.69, 9.17) is 4.84 Å². The number of hydroxylamine groups is 1. The molecule has 10 heteroatoms. The molecule has 0 saturated carbocycles. The molecule has 0 unspecified atom stereocenters. The molecule has 1 aliphatic rings. The van der Waals surface area contributed by atoms with Crippen molar-refractivity contribution in [3.8, 4) is 0 Å². The number of nitrogens with zero attached hydrogens (tertiary/aromatic N) is 1. The third kappa shape index (κ3) is 10.6. The molecule has 1 heterocycles. The van der Waals surface area contributed by atoms with Crippen molar-refractivity contribution in [3.05, 3.63) is 29.8 Å². The van der Waals surface area contributed by atoms with Crippen molar-refractivity contribution in [3.63, 3.8) is 0 Å². The van der Waals surface area contributed by atoms with Gasteiger partial charge in [-0.3, -0.25) is 28.8 Å². The van der Waals surface area contributed by atoms with Gasteiger partial charge in [-0.2, -0.15) is 0 Å². The van der Waals surface area contributed by atoms with Gasteiger partial charge in [0.1, 0.15) is 11.8 Å². The molecule has 3 N–H and O–H groups in total. The van der Waals surface area contributed by atoms with Crippen molar-refractivity contribution >= 4 is 35.1 Å². The summed E-state index contributed by atoms with van der Waals surface area (Å²) in [5.74, 6) is -0.555. The second kappa shape index (κ2) is 15.2. The van der Waals surface area contributed by atoms with Crippen LogP contribution in [0.2, 0.25) is 0 Å². The SMILES string of the molecule is CC(C)CC(=O)NOCc1ccc(NC(=O)[C@H](C)NC(=O)CCC(=O)N2CCC(C(=O)C(C)C)CC2)cc1. The van der Waals surface area contributed by atoms with Gasteiger partial charge in [0.25, 0.3) is 0 Å². The van der Waals surface area contributed by atoms with Gasteiger partial charge < -0.3 is 15.5 Å². The summed E-state index contributed by atoms with van der Waals surface area (Å²) >= 11 is 0. The van der Waals surface area contributed by atoms with Gasteiger partial charge in [-0.05, 0) is 43.4 Å². The van der Waals surface area contributed by atoms with E-state index in [9.17, 15) is 24.0 Å². The Morgan fingerprint density at radius 2 is 1.55 bits per heavy atom. The molecule has 10 nitrogen and oxygen atoms in total. The van der Waals surface area contributed by atoms with Gasteiger partial charge >= 0.3 is 0 Å². The summed E-state index contributed by atoms with van der Waals surface area (Å²) in [6, 6.07) is 6.16. The average Bonchev–Trinajstić information content (AvgIpc) is 2.87. The predicted molar refractivity (Wildman–Crippen MR) is 143 cm³/mol. The van der Waals surface area contributed by atoms with Crippen LogP contribution in [0.4, 0.5) is 5.69 Å². The van der Waals surface area contributed by atoms with E-state index in [-0.39, 0.29) is 66.6 Å². The Morgan fingerprint density at radius 1 is 0.921 bits per heavy atom. The number of hydrogen-bond acceptors (Lipinski definition) is 6. The number of Topliss-reactive ketones (excluding diaryl/α,β-unsaturated/α-hetero) is 1. The highest BCUT2D eigenvalue weighted by Gasteiger charge is 2.28. The van der Waals surface area contributed by atoms with Gasteiger partial charge in [0.2, 0.25) is 23.6 Å². The summed E-state index contributed by atoms with van der Waals surface area (Å²) in [6.45, 7) is 10.5. The van der Waals surface area contributed by atoms with E-state index in [0.29, 0.717) is 38.0 Å². The smallest absolute Gasteiger partial charge is 0.246 e. The largest absolute Gasteiger partial charge is 0.345 e. The molecule has 1 aliphatic heterocycles. The van der Waals surface area contributed by atoms with E-state index in [2.05, 4.69) is 16.1 Å². The van der Waals surface area contributed by atoms with E-state index in [1.807, 2.05) is 27.7 Å². The van der Waals surface area contributed by atoms with Crippen molar-refractivity contribution in [2.75, 3.05) is 18.4 Å². The van der Waals surface area contributed by atoms with Gasteiger partial charge in [0.05, 0.1) is 6.61 Å². The molecule has 1 saturated heterocycles. The van der Waals surface area contributed by atoms with Crippen LogP contribution in [0, 0.1) is 17.8 Å². The number of amides is 4. The zero-order chi connectivity index (χ0) is 28.2. The van der Waals surface area contributed by atoms with Gasteiger partial charge in [0, 0.05) is 49.9 Å². The molecule has 1 aromatic rings. The van der Waals surface area contributed by atoms with E-state index < -0.39 is 6.04 Å². The Labute approximate surface area is 225 Å². The monoisotopic (exact) mass is 530 g/mol. The second-order valence-electron chi connectivity index (χ2n) is 10.6. The van der Waals surface area contributed by atoms with Crippen molar-refractivity contribution in [2.24, 2.45) is 17.8 Å². The number of hydrogen-bond donors (Lipinski definition) is 3. The minimum absolute atomic E-state index is 0.000948. The first kappa shape index (κ1) is 31.0. The Bertz CT molecular complexity index is 968. The summed E-state index contributed by atoms with van der Waals surface area (Å²) in [5.41, 5.74) is 3.77. The van der Waals surface area contributed by atoms with Crippen LogP contribution in [-0.4, -0.2) is 53.4 Å². The van der Waals surface area contributed by atoms with Gasteiger partial charge in [-0.25, -0.2) is 5.48 Å². The molecule has 0 aliphatic carbocycles. The minimum atomic E-state index is -0.783. The zero-order valence-corrected chi connectivity index (χ0v) is 23.2. The maximum absolute atomic E-state index is 12.5. The molecule has 0 bridgehead atoms. The van der Waals surface area contributed by atoms with Crippen LogP contribution in [-0.2, 0) is 35.4 Å². The van der Waals surface area contributed by atoms with Crippen LogP contribution in [0.5, 0.6) is 0 Å². The van der Waals surface area contributed by atoms with Crippen molar-refractivity contribution in [2.45, 2.75) is 79.4 Å². The van der Waals surface area contributed by atoms with Gasteiger partial charge in [-0.1, -0.05) is 39.8 Å². The lowest BCUT2D eigenvalue weighted by molar-refractivity contribution is -0.137. The Hall–Kier alpha value is -3.27. The van der Waals surface area contributed by atoms with Crippen LogP contribution in [0.3, 0.4) is 0 Å². The standard InChI is InChI=1S/C28H42N4O6/c1-18(2)16-25(34)31-38-17-21-6-8-23(9-7-21)30-28(37)20(5)29-24(33)10-11-26(35)32-14-12-22(13-15-32)27(36)19(3)4/h6-9,18-20,22H,10-17H2,1-5H3,(H,29,33)(H,30,37)(H,31,34)/t20-/m0/s1. The highest BCUT2D eigenvalue weighted by molar-refractivity contribution is 5.97. The lowest BCUT2D eigenvalue weighted by Gasteiger charge is -2.32. The van der Waals surface area contributed by atoms with Crippen LogP contribution in [0.15, 0.2) is 24.3 Å². The first-order valence-corrected chi connectivity index (χ1v) is 13.4. The third-order valence-corrected chi connectivity index (χ3v) is 6.40. The highest BCUT2D eigenvalue weighted by Crippen LogP contribution is 2.22. The predicted octanol–water partition coefficient (Wildman–Crippen LogP) is 2.97. The van der Waals surface area contributed by atoms with Gasteiger partial charge in [-0.15, -0.1) is 0 Å². The lowest BCUT2D eigenvalue weighted by atomic mass is 9.87. The molecular formula is C28H42N4O6. The Morgan fingerprint density at radius 3 is 2.13 bits per heavy atom. The summed E-state index contributed by atoms with van der Waals surface area (Å²) in [7, 11) is 0. The molecule has 2 rings (SSSR count). The summed E-state index contributed by atoms with van der Waals surface area (Å²) < 4.78 is 0. The van der Waals surface area contributed by atoms with E-state index in [1.54, 1.807) is 36.1 Å². The normalized spacial score (nSPS) is 14.8. The minimum Gasteiger partial charge on any atom is -0.345 e. The van der Waals surface area contributed by atoms with Crippen molar-refractivity contribution in [1.29, 1.82) is 0 Å². The molecular weight excluding hydrogens is 488 g/mol. The summed E-state index contributed by atoms with van der Waals surface area (Å²) in [5, 5.41) is 5.37. The highest BCUT2D eigenvalue weighted by atomic mass is 16.6. The summed E-state index contributed by atoms with van der Waals surface area (Å²) in [6.07, 6.45) is 1.76. The molecule has 0 aromatic heterocycles. The third-order valence-electron chi connectivity index (χ3n) is 6.40. The summed E-state index contributed by atoms with van der Waals surface area (Å²) in [4.78, 5) is 68.0. The first-order valence-electron chi connectivity index (χ1n) is 13.4. The fourth-order valence-corrected chi connectivity index (χ4v) is 4.19. The number of ketones is 1. The number of piperidine rings is 1. The molecule has 210 valence electrons. The van der Waals surface area contributed by atoms with Crippen LogP contribution >= 0.6 is 0 Å². The average molecular weight is 531 g/mol. The number of likely N-dealkylation sites (tertiary alicyclic amines) is 1. The number of nitrogens with one attached hydrogen (secondary N) is 3. The maximum atomic E-state index is 12.5. The number of benzene rings is 1. The molecule has 0 spiro atoms.